The second-order valence-electron chi connectivity index (χ2n) is 6.60. The lowest BCUT2D eigenvalue weighted by Gasteiger charge is -2.11. The fourth-order valence-electron chi connectivity index (χ4n) is 2.83. The van der Waals surface area contributed by atoms with Crippen LogP contribution in [0.5, 0.6) is 5.75 Å². The number of carbonyl (C=O) groups is 2. The molecule has 1 aromatic heterocycles. The topological polar surface area (TPSA) is 115 Å². The highest BCUT2D eigenvalue weighted by molar-refractivity contribution is 5.86. The zero-order valence-corrected chi connectivity index (χ0v) is 15.7. The molecule has 148 valence electrons. The van der Waals surface area contributed by atoms with Crippen LogP contribution in [0.1, 0.15) is 44.6 Å². The zero-order valence-electron chi connectivity index (χ0n) is 15.7. The molecule has 0 spiro atoms. The van der Waals surface area contributed by atoms with Gasteiger partial charge in [-0.25, -0.2) is 4.79 Å². The van der Waals surface area contributed by atoms with Crippen LogP contribution in [-0.2, 0) is 25.5 Å². The van der Waals surface area contributed by atoms with E-state index in [4.69, 9.17) is 15.2 Å². The van der Waals surface area contributed by atoms with E-state index in [1.807, 2.05) is 0 Å². The normalized spacial score (nSPS) is 12.1. The Hall–Kier alpha value is -2.54. The molecule has 2 rings (SSSR count). The summed E-state index contributed by atoms with van der Waals surface area (Å²) in [5, 5.41) is 10.4. The molecule has 0 aliphatic rings. The molecule has 7 heteroatoms. The molecule has 0 unspecified atom stereocenters. The summed E-state index contributed by atoms with van der Waals surface area (Å²) in [4.78, 5) is 26.7. The van der Waals surface area contributed by atoms with E-state index in [9.17, 15) is 14.7 Å². The van der Waals surface area contributed by atoms with Crippen LogP contribution >= 0.6 is 0 Å². The van der Waals surface area contributed by atoms with Gasteiger partial charge in [0.1, 0.15) is 11.8 Å². The van der Waals surface area contributed by atoms with E-state index in [1.54, 1.807) is 24.4 Å². The number of aromatic hydroxyl groups is 1. The van der Waals surface area contributed by atoms with Gasteiger partial charge in [-0.2, -0.15) is 0 Å². The molecule has 7 nitrogen and oxygen atoms in total. The first-order chi connectivity index (χ1) is 13.0. The lowest BCUT2D eigenvalue weighted by atomic mass is 10.1. The number of carbonyl (C=O) groups excluding carboxylic acids is 2. The van der Waals surface area contributed by atoms with Crippen LogP contribution in [0.15, 0.2) is 24.4 Å². The number of nitrogens with one attached hydrogen (secondary N) is 1. The van der Waals surface area contributed by atoms with Crippen molar-refractivity contribution in [1.29, 1.82) is 0 Å². The number of unbranched alkanes of at least 4 members (excludes halogenated alkanes) is 4. The average Bonchev–Trinajstić information content (AvgIpc) is 3.04. The molecule has 0 saturated heterocycles. The molecule has 0 amide bonds. The number of phenols is 1. The lowest BCUT2D eigenvalue weighted by Crippen LogP contribution is -2.35. The first-order valence-corrected chi connectivity index (χ1v) is 9.38. The first kappa shape index (κ1) is 20.8. The summed E-state index contributed by atoms with van der Waals surface area (Å²) in [6.45, 7) is 2.04. The summed E-state index contributed by atoms with van der Waals surface area (Å²) in [6.07, 6.45) is 7.27. The molecular formula is C20H28N2O5. The predicted molar refractivity (Wildman–Crippen MR) is 102 cm³/mol. The third-order valence-electron chi connectivity index (χ3n) is 4.34. The summed E-state index contributed by atoms with van der Waals surface area (Å²) in [5.41, 5.74) is 7.52. The third-order valence-corrected chi connectivity index (χ3v) is 4.34. The number of aromatic amines is 1. The van der Waals surface area contributed by atoms with Crippen molar-refractivity contribution in [2.45, 2.75) is 51.5 Å². The molecule has 0 bridgehead atoms. The van der Waals surface area contributed by atoms with Crippen LogP contribution in [0.4, 0.5) is 0 Å². The fourth-order valence-corrected chi connectivity index (χ4v) is 2.83. The second kappa shape index (κ2) is 10.6. The van der Waals surface area contributed by atoms with E-state index >= 15 is 0 Å². The quantitative estimate of drug-likeness (QED) is 0.410. The van der Waals surface area contributed by atoms with Crippen molar-refractivity contribution >= 4 is 22.8 Å². The maximum Gasteiger partial charge on any atom is 0.344 e. The molecule has 0 radical (unpaired) electrons. The van der Waals surface area contributed by atoms with Gasteiger partial charge in [0.05, 0.1) is 6.61 Å². The Labute approximate surface area is 158 Å². The maximum absolute atomic E-state index is 12.0. The van der Waals surface area contributed by atoms with E-state index < -0.39 is 24.6 Å². The number of benzene rings is 1. The molecule has 1 atom stereocenters. The van der Waals surface area contributed by atoms with Gasteiger partial charge in [0, 0.05) is 23.5 Å². The SMILES string of the molecule is CCCCCCCOC(=O)COC(=O)[C@@H](N)Cc1c[nH]c2ccc(O)cc12. The van der Waals surface area contributed by atoms with Gasteiger partial charge in [0.25, 0.3) is 0 Å². The van der Waals surface area contributed by atoms with E-state index in [-0.39, 0.29) is 12.2 Å². The zero-order chi connectivity index (χ0) is 19.6. The molecule has 4 N–H and O–H groups in total. The van der Waals surface area contributed by atoms with Crippen LogP contribution < -0.4 is 5.73 Å². The maximum atomic E-state index is 12.0. The van der Waals surface area contributed by atoms with Crippen LogP contribution in [0.2, 0.25) is 0 Å². The molecule has 2 aromatic rings. The number of ether oxygens (including phenoxy) is 2. The molecule has 0 aliphatic carbocycles. The fraction of sp³-hybridized carbons (Fsp3) is 0.500. The van der Waals surface area contributed by atoms with Gasteiger partial charge in [0.2, 0.25) is 0 Å². The van der Waals surface area contributed by atoms with E-state index in [1.165, 1.54) is 6.42 Å². The van der Waals surface area contributed by atoms with E-state index in [2.05, 4.69) is 11.9 Å². The Bertz CT molecular complexity index is 756. The summed E-state index contributed by atoms with van der Waals surface area (Å²) in [7, 11) is 0. The highest BCUT2D eigenvalue weighted by Crippen LogP contribution is 2.23. The Morgan fingerprint density at radius 3 is 2.74 bits per heavy atom. The number of hydrogen-bond donors (Lipinski definition) is 3. The van der Waals surface area contributed by atoms with Crippen LogP contribution in [0.25, 0.3) is 10.9 Å². The van der Waals surface area contributed by atoms with Crippen LogP contribution in [-0.4, -0.2) is 41.3 Å². The standard InChI is InChI=1S/C20H28N2O5/c1-2-3-4-5-6-9-26-19(24)13-27-20(25)17(21)10-14-12-22-18-8-7-15(23)11-16(14)18/h7-8,11-12,17,22-23H,2-6,9-10,13,21H2,1H3/t17-/m0/s1. The van der Waals surface area contributed by atoms with Gasteiger partial charge in [-0.05, 0) is 30.2 Å². The van der Waals surface area contributed by atoms with Crippen molar-refractivity contribution in [3.05, 3.63) is 30.0 Å². The Balaban J connectivity index is 1.72. The van der Waals surface area contributed by atoms with Gasteiger partial charge in [-0.15, -0.1) is 0 Å². The van der Waals surface area contributed by atoms with Crippen molar-refractivity contribution in [3.63, 3.8) is 0 Å². The Morgan fingerprint density at radius 1 is 1.19 bits per heavy atom. The largest absolute Gasteiger partial charge is 0.508 e. The third kappa shape index (κ3) is 6.60. The minimum Gasteiger partial charge on any atom is -0.508 e. The number of nitrogens with two attached hydrogens (primary N) is 1. The van der Waals surface area contributed by atoms with Crippen molar-refractivity contribution in [2.24, 2.45) is 5.73 Å². The number of phenolic OH excluding ortho intramolecular Hbond substituents is 1. The van der Waals surface area contributed by atoms with Crippen molar-refractivity contribution in [3.8, 4) is 5.75 Å². The van der Waals surface area contributed by atoms with Gasteiger partial charge in [-0.1, -0.05) is 32.6 Å². The lowest BCUT2D eigenvalue weighted by molar-refractivity contribution is -0.159. The number of hydrogen-bond acceptors (Lipinski definition) is 6. The van der Waals surface area contributed by atoms with Crippen molar-refractivity contribution in [1.82, 2.24) is 4.98 Å². The highest BCUT2D eigenvalue weighted by Gasteiger charge is 2.19. The summed E-state index contributed by atoms with van der Waals surface area (Å²) in [5.74, 6) is -1.09. The first-order valence-electron chi connectivity index (χ1n) is 9.38. The molecule has 1 heterocycles. The van der Waals surface area contributed by atoms with Gasteiger partial charge in [-0.3, -0.25) is 4.79 Å². The highest BCUT2D eigenvalue weighted by atomic mass is 16.6. The number of aromatic nitrogens is 1. The number of rotatable bonds is 11. The number of fused-ring (bicyclic) bond motifs is 1. The molecule has 27 heavy (non-hydrogen) atoms. The number of esters is 2. The molecule has 1 aromatic carbocycles. The van der Waals surface area contributed by atoms with Crippen molar-refractivity contribution < 1.29 is 24.2 Å². The molecule has 0 saturated carbocycles. The molecular weight excluding hydrogens is 348 g/mol. The minimum atomic E-state index is -0.909. The molecule has 0 aliphatic heterocycles. The van der Waals surface area contributed by atoms with Gasteiger partial charge >= 0.3 is 11.9 Å². The van der Waals surface area contributed by atoms with Crippen molar-refractivity contribution in [2.75, 3.05) is 13.2 Å². The Kier molecular flexibility index (Phi) is 8.13. The average molecular weight is 376 g/mol. The van der Waals surface area contributed by atoms with Crippen LogP contribution in [0.3, 0.4) is 0 Å². The predicted octanol–water partition coefficient (Wildman–Crippen LogP) is 2.80. The van der Waals surface area contributed by atoms with Crippen LogP contribution in [0, 0.1) is 0 Å². The van der Waals surface area contributed by atoms with Gasteiger partial charge in [0.15, 0.2) is 6.61 Å². The Morgan fingerprint density at radius 2 is 1.96 bits per heavy atom. The summed E-state index contributed by atoms with van der Waals surface area (Å²) < 4.78 is 9.99. The second-order valence-corrected chi connectivity index (χ2v) is 6.60. The van der Waals surface area contributed by atoms with Gasteiger partial charge < -0.3 is 25.3 Å². The van der Waals surface area contributed by atoms with E-state index in [0.717, 1.165) is 42.1 Å². The van der Waals surface area contributed by atoms with E-state index in [0.29, 0.717) is 6.61 Å². The molecule has 0 fully saturated rings. The minimum absolute atomic E-state index is 0.136. The summed E-state index contributed by atoms with van der Waals surface area (Å²) >= 11 is 0. The monoisotopic (exact) mass is 376 g/mol. The summed E-state index contributed by atoms with van der Waals surface area (Å²) in [6, 6.07) is 4.02. The smallest absolute Gasteiger partial charge is 0.344 e. The number of H-pyrrole nitrogens is 1.